The van der Waals surface area contributed by atoms with Crippen LogP contribution in [0.25, 0.3) is 0 Å². The maximum atomic E-state index is 13.0. The molecule has 3 saturated heterocycles. The maximum Gasteiger partial charge on any atom is 0.416 e. The Hall–Kier alpha value is -1.75. The van der Waals surface area contributed by atoms with Gasteiger partial charge >= 0.3 is 6.18 Å². The lowest BCUT2D eigenvalue weighted by atomic mass is 9.84. The Labute approximate surface area is 301 Å². The van der Waals surface area contributed by atoms with Crippen LogP contribution in [0.5, 0.6) is 0 Å². The topological polar surface area (TPSA) is 336 Å². The number of aliphatic hydroxyl groups is 7. The van der Waals surface area contributed by atoms with Gasteiger partial charge < -0.3 is 97.6 Å². The number of hydrogen-bond acceptors (Lipinski definition) is 19. The average molecular weight is 774 g/mol. The predicted molar refractivity (Wildman–Crippen MR) is 170 cm³/mol. The number of nitrogens with two attached hydrogens (primary N) is 5. The van der Waals surface area contributed by atoms with Crippen molar-refractivity contribution in [3.05, 3.63) is 35.4 Å². The smallest absolute Gasteiger partial charge is 0.394 e. The van der Waals surface area contributed by atoms with Crippen LogP contribution in [0.1, 0.15) is 17.5 Å². The van der Waals surface area contributed by atoms with Crippen molar-refractivity contribution in [2.24, 2.45) is 28.7 Å². The molecule has 0 spiro atoms. The standard InChI is InChI=1S/C31H50F3N5O14/c32-31(33,34)11-3-1-10(2-4-11)9-47-25-15(7-40)49-29(18(39)22(25)45)51-24-13(37)5-12(36)19(42)27(24)53-30-23(46)26(16(8-41)50-30)52-28-17(38)21(44)20(43)14(6-35)48-28/h1-4,12-30,40-46H,5-9,35-39H2/t12-,13+,14?,15-,16-,17-,18-,19+,20-,21-,22-,23-,24-,25-,26-,27-,28-,29+,30+/m1/s1. The van der Waals surface area contributed by atoms with Gasteiger partial charge in [-0.25, -0.2) is 0 Å². The van der Waals surface area contributed by atoms with Gasteiger partial charge in [-0.2, -0.15) is 13.2 Å². The van der Waals surface area contributed by atoms with E-state index < -0.39 is 141 Å². The van der Waals surface area contributed by atoms with Crippen LogP contribution < -0.4 is 28.7 Å². The van der Waals surface area contributed by atoms with Gasteiger partial charge in [0.25, 0.3) is 0 Å². The van der Waals surface area contributed by atoms with Crippen LogP contribution >= 0.6 is 0 Å². The van der Waals surface area contributed by atoms with E-state index in [0.717, 1.165) is 12.1 Å². The van der Waals surface area contributed by atoms with Crippen molar-refractivity contribution in [1.82, 2.24) is 0 Å². The fourth-order valence-corrected chi connectivity index (χ4v) is 6.87. The second-order valence-corrected chi connectivity index (χ2v) is 13.7. The summed E-state index contributed by atoms with van der Waals surface area (Å²) < 4.78 is 79.6. The molecular weight excluding hydrogens is 723 g/mol. The number of alkyl halides is 3. The lowest BCUT2D eigenvalue weighted by Crippen LogP contribution is -2.68. The quantitative estimate of drug-likeness (QED) is 0.0942. The van der Waals surface area contributed by atoms with Crippen molar-refractivity contribution < 1.29 is 82.1 Å². The van der Waals surface area contributed by atoms with E-state index in [1.807, 2.05) is 0 Å². The summed E-state index contributed by atoms with van der Waals surface area (Å²) in [4.78, 5) is 0. The Morgan fingerprint density at radius 1 is 0.623 bits per heavy atom. The summed E-state index contributed by atoms with van der Waals surface area (Å²) >= 11 is 0. The van der Waals surface area contributed by atoms with Gasteiger partial charge in [0.2, 0.25) is 0 Å². The van der Waals surface area contributed by atoms with E-state index in [9.17, 15) is 48.9 Å². The largest absolute Gasteiger partial charge is 0.416 e. The third-order valence-corrected chi connectivity index (χ3v) is 10.0. The van der Waals surface area contributed by atoms with E-state index >= 15 is 0 Å². The molecule has 3 heterocycles. The zero-order chi connectivity index (χ0) is 38.9. The number of hydrogen-bond donors (Lipinski definition) is 12. The SMILES string of the molecule is NCC1O[C@H](O[C@H]2[C@@H](O)[C@H](O[C@@H]3[C@@H](O)[C@H](N)C[C@H](N)[C@H]3O[C@@H]3O[C@H](CO)[C@@H](OCc4ccc(C(F)(F)F)cc4)[C@H](O)[C@H]3N)O[C@@H]2CO)[C@H](N)[C@@H](O)[C@@H]1O. The van der Waals surface area contributed by atoms with Gasteiger partial charge in [0.1, 0.15) is 67.1 Å². The molecule has 19 atom stereocenters. The fourth-order valence-electron chi connectivity index (χ4n) is 6.87. The van der Waals surface area contributed by atoms with E-state index in [1.54, 1.807) is 0 Å². The van der Waals surface area contributed by atoms with Crippen molar-refractivity contribution in [3.8, 4) is 0 Å². The van der Waals surface area contributed by atoms with Crippen LogP contribution in [0.2, 0.25) is 0 Å². The third-order valence-electron chi connectivity index (χ3n) is 10.0. The molecule has 1 aromatic carbocycles. The Morgan fingerprint density at radius 3 is 1.74 bits per heavy atom. The minimum Gasteiger partial charge on any atom is -0.394 e. The van der Waals surface area contributed by atoms with Gasteiger partial charge in [0, 0.05) is 18.6 Å². The first-order chi connectivity index (χ1) is 25.0. The molecule has 0 aromatic heterocycles. The molecule has 1 aromatic rings. The van der Waals surface area contributed by atoms with E-state index in [0.29, 0.717) is 5.56 Å². The number of ether oxygens (including phenoxy) is 7. The monoisotopic (exact) mass is 773 g/mol. The van der Waals surface area contributed by atoms with Gasteiger partial charge in [0.15, 0.2) is 18.9 Å². The third kappa shape index (κ3) is 9.12. The number of rotatable bonds is 12. The highest BCUT2D eigenvalue weighted by Gasteiger charge is 2.54. The number of halogens is 3. The lowest BCUT2D eigenvalue weighted by Gasteiger charge is -2.47. The van der Waals surface area contributed by atoms with Crippen LogP contribution in [0.15, 0.2) is 24.3 Å². The zero-order valence-electron chi connectivity index (χ0n) is 28.3. The Bertz CT molecular complexity index is 1310. The summed E-state index contributed by atoms with van der Waals surface area (Å²) in [6, 6.07) is -0.405. The molecule has 1 saturated carbocycles. The summed E-state index contributed by atoms with van der Waals surface area (Å²) in [7, 11) is 0. The number of benzene rings is 1. The van der Waals surface area contributed by atoms with Gasteiger partial charge in [-0.3, -0.25) is 0 Å². The molecule has 1 unspecified atom stereocenters. The molecule has 4 fully saturated rings. The molecular formula is C31H50F3N5O14. The molecule has 3 aliphatic heterocycles. The van der Waals surface area contributed by atoms with E-state index in [1.165, 1.54) is 12.1 Å². The van der Waals surface area contributed by atoms with Crippen molar-refractivity contribution in [2.75, 3.05) is 19.8 Å². The average Bonchev–Trinajstić information content (AvgIpc) is 3.42. The molecule has 4 aliphatic rings. The van der Waals surface area contributed by atoms with Gasteiger partial charge in [-0.1, -0.05) is 12.1 Å². The number of aliphatic hydroxyl groups excluding tert-OH is 7. The van der Waals surface area contributed by atoms with E-state index in [-0.39, 0.29) is 19.6 Å². The van der Waals surface area contributed by atoms with Crippen molar-refractivity contribution in [1.29, 1.82) is 0 Å². The second kappa shape index (κ2) is 17.6. The van der Waals surface area contributed by atoms with Crippen LogP contribution in [0.4, 0.5) is 13.2 Å². The van der Waals surface area contributed by atoms with Gasteiger partial charge in [-0.15, -0.1) is 0 Å². The minimum absolute atomic E-state index is 0.00493. The highest BCUT2D eigenvalue weighted by atomic mass is 19.4. The fraction of sp³-hybridized carbons (Fsp3) is 0.806. The van der Waals surface area contributed by atoms with Crippen LogP contribution in [-0.4, -0.2) is 172 Å². The summed E-state index contributed by atoms with van der Waals surface area (Å²) in [6.45, 7) is -1.86. The second-order valence-electron chi connectivity index (χ2n) is 13.7. The maximum absolute atomic E-state index is 13.0. The van der Waals surface area contributed by atoms with Crippen molar-refractivity contribution in [3.63, 3.8) is 0 Å². The molecule has 53 heavy (non-hydrogen) atoms. The predicted octanol–water partition coefficient (Wildman–Crippen LogP) is -5.62. The highest BCUT2D eigenvalue weighted by Crippen LogP contribution is 2.35. The van der Waals surface area contributed by atoms with E-state index in [4.69, 9.17) is 61.8 Å². The first kappa shape index (κ1) is 42.4. The Kier molecular flexibility index (Phi) is 14.1. The first-order valence-electron chi connectivity index (χ1n) is 17.1. The molecule has 0 bridgehead atoms. The molecule has 0 amide bonds. The summed E-state index contributed by atoms with van der Waals surface area (Å²) in [6.07, 6.45) is -25.6. The van der Waals surface area contributed by atoms with Crippen molar-refractivity contribution >= 4 is 0 Å². The highest BCUT2D eigenvalue weighted by molar-refractivity contribution is 5.24. The van der Waals surface area contributed by atoms with Crippen LogP contribution in [0.3, 0.4) is 0 Å². The van der Waals surface area contributed by atoms with Gasteiger partial charge in [-0.05, 0) is 24.1 Å². The summed E-state index contributed by atoms with van der Waals surface area (Å²) in [5.41, 5.74) is 29.9. The normalized spacial score (nSPS) is 45.4. The molecule has 304 valence electrons. The summed E-state index contributed by atoms with van der Waals surface area (Å²) in [5, 5.41) is 74.2. The molecule has 5 rings (SSSR count). The molecule has 17 N–H and O–H groups in total. The van der Waals surface area contributed by atoms with Gasteiger partial charge in [0.05, 0.1) is 43.6 Å². The minimum atomic E-state index is -4.53. The van der Waals surface area contributed by atoms with Crippen LogP contribution in [-0.2, 0) is 45.9 Å². The van der Waals surface area contributed by atoms with E-state index in [2.05, 4.69) is 0 Å². The molecule has 0 radical (unpaired) electrons. The molecule has 22 heteroatoms. The Balaban J connectivity index is 1.26. The van der Waals surface area contributed by atoms with Crippen molar-refractivity contribution in [2.45, 2.75) is 135 Å². The molecule has 19 nitrogen and oxygen atoms in total. The molecule has 1 aliphatic carbocycles. The Morgan fingerprint density at radius 2 is 1.15 bits per heavy atom. The lowest BCUT2D eigenvalue weighted by molar-refractivity contribution is -0.315. The summed E-state index contributed by atoms with van der Waals surface area (Å²) in [5.74, 6) is 0. The first-order valence-corrected chi connectivity index (χ1v) is 17.1. The van der Waals surface area contributed by atoms with Crippen LogP contribution in [0, 0.1) is 0 Å². The zero-order valence-corrected chi connectivity index (χ0v) is 28.3.